The van der Waals surface area contributed by atoms with Crippen LogP contribution in [0.1, 0.15) is 11.3 Å². The van der Waals surface area contributed by atoms with E-state index in [-0.39, 0.29) is 27.8 Å². The van der Waals surface area contributed by atoms with Crippen molar-refractivity contribution in [1.29, 1.82) is 0 Å². The highest BCUT2D eigenvalue weighted by atomic mass is 32.2. The normalized spacial score (nSPS) is 16.4. The van der Waals surface area contributed by atoms with Crippen LogP contribution < -0.4 is 5.32 Å². The molecule has 1 saturated heterocycles. The number of hydrogen-bond acceptors (Lipinski definition) is 5. The highest BCUT2D eigenvalue weighted by Gasteiger charge is 2.33. The molecule has 28 heavy (non-hydrogen) atoms. The predicted molar refractivity (Wildman–Crippen MR) is 109 cm³/mol. The summed E-state index contributed by atoms with van der Waals surface area (Å²) in [7, 11) is -3.89. The first kappa shape index (κ1) is 19.7. The minimum atomic E-state index is -3.89. The zero-order valence-electron chi connectivity index (χ0n) is 15.0. The number of nitrogens with one attached hydrogen (secondary N) is 1. The smallest absolute Gasteiger partial charge is 0.268 e. The van der Waals surface area contributed by atoms with Gasteiger partial charge in [-0.15, -0.1) is 6.58 Å². The fraction of sp³-hybridized carbons (Fsp3) is 0.105. The van der Waals surface area contributed by atoms with E-state index < -0.39 is 21.8 Å². The summed E-state index contributed by atoms with van der Waals surface area (Å²) < 4.78 is 26.9. The van der Waals surface area contributed by atoms with Crippen molar-refractivity contribution < 1.29 is 18.0 Å². The van der Waals surface area contributed by atoms with Gasteiger partial charge in [-0.1, -0.05) is 23.8 Å². The number of hydrogen-bond donors (Lipinski definition) is 1. The van der Waals surface area contributed by atoms with Crippen molar-refractivity contribution >= 4 is 45.2 Å². The molecule has 1 aliphatic rings. The van der Waals surface area contributed by atoms with Crippen LogP contribution in [-0.2, 0) is 19.6 Å². The number of rotatable bonds is 5. The molecule has 1 aliphatic heterocycles. The summed E-state index contributed by atoms with van der Waals surface area (Å²) in [6.45, 7) is 5.54. The number of carbonyl (C=O) groups excluding carboxylic acids is 2. The van der Waals surface area contributed by atoms with Crippen molar-refractivity contribution in [2.24, 2.45) is 0 Å². The molecule has 1 fully saturated rings. The van der Waals surface area contributed by atoms with Gasteiger partial charge in [-0.05, 0) is 49.5 Å². The number of thiocarbonyl (C=S) groups is 1. The van der Waals surface area contributed by atoms with Crippen molar-refractivity contribution in [2.45, 2.75) is 11.8 Å². The maximum Gasteiger partial charge on any atom is 0.268 e. The molecule has 0 radical (unpaired) electrons. The van der Waals surface area contributed by atoms with Gasteiger partial charge in [-0.3, -0.25) is 19.8 Å². The van der Waals surface area contributed by atoms with Gasteiger partial charge in [0.2, 0.25) is 0 Å². The number of aromatic nitrogens is 1. The first-order valence-corrected chi connectivity index (χ1v) is 10.1. The van der Waals surface area contributed by atoms with Crippen LogP contribution in [0.4, 0.5) is 0 Å². The van der Waals surface area contributed by atoms with Crippen molar-refractivity contribution in [3.63, 3.8) is 0 Å². The summed E-state index contributed by atoms with van der Waals surface area (Å²) in [6, 6.07) is 9.43. The minimum absolute atomic E-state index is 0.0188. The van der Waals surface area contributed by atoms with Gasteiger partial charge < -0.3 is 0 Å². The van der Waals surface area contributed by atoms with E-state index in [0.29, 0.717) is 0 Å². The fourth-order valence-electron chi connectivity index (χ4n) is 2.67. The van der Waals surface area contributed by atoms with Gasteiger partial charge in [0.1, 0.15) is 5.57 Å². The summed E-state index contributed by atoms with van der Waals surface area (Å²) in [5, 5.41) is 2.41. The Hall–Kier alpha value is -3.04. The van der Waals surface area contributed by atoms with Crippen LogP contribution in [0.2, 0.25) is 0 Å². The molecular weight excluding hydrogens is 398 g/mol. The maximum absolute atomic E-state index is 13.0. The van der Waals surface area contributed by atoms with Crippen LogP contribution in [0.5, 0.6) is 0 Å². The molecule has 2 heterocycles. The Morgan fingerprint density at radius 1 is 1.18 bits per heavy atom. The second-order valence-corrected chi connectivity index (χ2v) is 8.27. The number of carbonyl (C=O) groups is 2. The minimum Gasteiger partial charge on any atom is -0.298 e. The van der Waals surface area contributed by atoms with Crippen LogP contribution in [0.15, 0.2) is 65.7 Å². The van der Waals surface area contributed by atoms with Gasteiger partial charge in [0, 0.05) is 12.7 Å². The van der Waals surface area contributed by atoms with Gasteiger partial charge in [0.15, 0.2) is 5.11 Å². The SMILES string of the molecule is C=CCN1C(=O)C(=Cc2cccn2S(=O)(=O)c2ccc(C)cc2)C(=O)NC1=S. The fourth-order valence-corrected chi connectivity index (χ4v) is 4.25. The lowest BCUT2D eigenvalue weighted by Crippen LogP contribution is -2.53. The third-order valence-corrected chi connectivity index (χ3v) is 6.15. The summed E-state index contributed by atoms with van der Waals surface area (Å²) in [4.78, 5) is 26.2. The van der Waals surface area contributed by atoms with E-state index in [4.69, 9.17) is 12.2 Å². The summed E-state index contributed by atoms with van der Waals surface area (Å²) >= 11 is 5.00. The Bertz CT molecular complexity index is 1110. The van der Waals surface area contributed by atoms with Gasteiger partial charge in [0.25, 0.3) is 21.8 Å². The van der Waals surface area contributed by atoms with Gasteiger partial charge in [-0.2, -0.15) is 0 Å². The average molecular weight is 415 g/mol. The zero-order valence-corrected chi connectivity index (χ0v) is 16.6. The topological polar surface area (TPSA) is 88.5 Å². The zero-order chi connectivity index (χ0) is 20.5. The van der Waals surface area contributed by atoms with Crippen LogP contribution in [0, 0.1) is 6.92 Å². The standard InChI is InChI=1S/C19H17N3O4S2/c1-3-10-21-18(24)16(17(23)20-19(21)27)12-14-5-4-11-22(14)28(25,26)15-8-6-13(2)7-9-15/h3-9,11-12H,1,10H2,2H3,(H,20,23,27). The van der Waals surface area contributed by atoms with Crippen molar-refractivity contribution in [1.82, 2.24) is 14.2 Å². The summed E-state index contributed by atoms with van der Waals surface area (Å²) in [6.07, 6.45) is 4.07. The van der Waals surface area contributed by atoms with Crippen LogP contribution in [0.3, 0.4) is 0 Å². The second-order valence-electron chi connectivity index (χ2n) is 6.07. The number of aryl methyl sites for hydroxylation is 1. The Kier molecular flexibility index (Phi) is 5.30. The molecule has 2 amide bonds. The number of amides is 2. The number of nitrogens with zero attached hydrogens (tertiary/aromatic N) is 2. The molecule has 1 aromatic heterocycles. The second kappa shape index (κ2) is 7.53. The Morgan fingerprint density at radius 3 is 2.50 bits per heavy atom. The highest BCUT2D eigenvalue weighted by molar-refractivity contribution is 7.90. The monoisotopic (exact) mass is 415 g/mol. The molecule has 9 heteroatoms. The van der Waals surface area contributed by atoms with Gasteiger partial charge in [-0.25, -0.2) is 12.4 Å². The van der Waals surface area contributed by atoms with E-state index in [1.807, 2.05) is 6.92 Å². The van der Waals surface area contributed by atoms with Crippen molar-refractivity contribution in [3.05, 3.63) is 72.1 Å². The molecule has 1 N–H and O–H groups in total. The van der Waals surface area contributed by atoms with Gasteiger partial charge >= 0.3 is 0 Å². The van der Waals surface area contributed by atoms with E-state index in [9.17, 15) is 18.0 Å². The summed E-state index contributed by atoms with van der Waals surface area (Å²) in [5.74, 6) is -1.30. The molecule has 7 nitrogen and oxygen atoms in total. The molecule has 0 bridgehead atoms. The molecular formula is C19H17N3O4S2. The van der Waals surface area contributed by atoms with E-state index in [1.54, 1.807) is 12.1 Å². The van der Waals surface area contributed by atoms with E-state index >= 15 is 0 Å². The summed E-state index contributed by atoms with van der Waals surface area (Å²) in [5.41, 5.74) is 0.886. The molecule has 0 saturated carbocycles. The molecule has 2 aromatic rings. The lowest BCUT2D eigenvalue weighted by Gasteiger charge is -2.27. The third kappa shape index (κ3) is 3.54. The van der Waals surface area contributed by atoms with Gasteiger partial charge in [0.05, 0.1) is 10.6 Å². The number of benzene rings is 1. The maximum atomic E-state index is 13.0. The van der Waals surface area contributed by atoms with E-state index in [0.717, 1.165) is 9.54 Å². The Labute approximate surface area is 168 Å². The molecule has 144 valence electrons. The first-order chi connectivity index (χ1) is 13.3. The van der Waals surface area contributed by atoms with Crippen molar-refractivity contribution in [2.75, 3.05) is 6.54 Å². The predicted octanol–water partition coefficient (Wildman–Crippen LogP) is 1.85. The molecule has 0 aliphatic carbocycles. The average Bonchev–Trinajstić information content (AvgIpc) is 3.12. The lowest BCUT2D eigenvalue weighted by molar-refractivity contribution is -0.128. The van der Waals surface area contributed by atoms with Crippen LogP contribution in [0.25, 0.3) is 6.08 Å². The molecule has 0 unspecified atom stereocenters. The van der Waals surface area contributed by atoms with Crippen molar-refractivity contribution in [3.8, 4) is 0 Å². The van der Waals surface area contributed by atoms with E-state index in [1.165, 1.54) is 47.5 Å². The Balaban J connectivity index is 2.05. The largest absolute Gasteiger partial charge is 0.298 e. The third-order valence-electron chi connectivity index (χ3n) is 4.11. The first-order valence-electron chi connectivity index (χ1n) is 8.25. The quantitative estimate of drug-likeness (QED) is 0.348. The highest BCUT2D eigenvalue weighted by Crippen LogP contribution is 2.21. The Morgan fingerprint density at radius 2 is 1.86 bits per heavy atom. The van der Waals surface area contributed by atoms with Crippen LogP contribution >= 0.6 is 12.2 Å². The van der Waals surface area contributed by atoms with Crippen LogP contribution in [-0.4, -0.2) is 40.8 Å². The molecule has 3 rings (SSSR count). The molecule has 1 aromatic carbocycles. The molecule has 0 spiro atoms. The van der Waals surface area contributed by atoms with E-state index in [2.05, 4.69) is 11.9 Å². The molecule has 0 atom stereocenters. The lowest BCUT2D eigenvalue weighted by atomic mass is 10.1.